The van der Waals surface area contributed by atoms with Crippen LogP contribution in [0.1, 0.15) is 99.7 Å². The van der Waals surface area contributed by atoms with Crippen molar-refractivity contribution in [1.82, 2.24) is 14.7 Å². The molecule has 2 aromatic rings. The van der Waals surface area contributed by atoms with Gasteiger partial charge in [0.15, 0.2) is 0 Å². The van der Waals surface area contributed by atoms with Crippen molar-refractivity contribution in [3.05, 3.63) is 70.8 Å². The van der Waals surface area contributed by atoms with Crippen LogP contribution < -0.4 is 0 Å². The van der Waals surface area contributed by atoms with E-state index in [1.54, 1.807) is 48.5 Å². The number of hydrogen-bond acceptors (Lipinski definition) is 5. The van der Waals surface area contributed by atoms with Crippen LogP contribution in [0.4, 0.5) is 0 Å². The normalized spacial score (nSPS) is 14.9. The molecule has 0 radical (unpaired) electrons. The summed E-state index contributed by atoms with van der Waals surface area (Å²) < 4.78 is 0. The first kappa shape index (κ1) is 24.8. The number of rotatable bonds is 13. The Balaban J connectivity index is 1.41. The van der Waals surface area contributed by atoms with E-state index < -0.39 is 0 Å². The Bertz CT molecular complexity index is 965. The minimum absolute atomic E-state index is 0.0379. The number of benzene rings is 2. The number of amides is 4. The summed E-state index contributed by atoms with van der Waals surface area (Å²) in [7, 11) is 0. The van der Waals surface area contributed by atoms with E-state index in [1.165, 1.54) is 41.9 Å². The van der Waals surface area contributed by atoms with Crippen LogP contribution in [0.5, 0.6) is 0 Å². The molecule has 7 heteroatoms. The van der Waals surface area contributed by atoms with Crippen molar-refractivity contribution >= 4 is 23.6 Å². The topological polar surface area (TPSA) is 78.0 Å². The first-order valence-electron chi connectivity index (χ1n) is 12.7. The molecule has 0 aliphatic carbocycles. The number of hydrogen-bond donors (Lipinski definition) is 0. The maximum absolute atomic E-state index is 12.9. The summed E-state index contributed by atoms with van der Waals surface area (Å²) in [5, 5.41) is 0. The van der Waals surface area contributed by atoms with Crippen molar-refractivity contribution in [2.24, 2.45) is 0 Å². The second kappa shape index (κ2) is 11.4. The quantitative estimate of drug-likeness (QED) is 0.303. The van der Waals surface area contributed by atoms with E-state index in [0.717, 1.165) is 19.3 Å². The highest BCUT2D eigenvalue weighted by Crippen LogP contribution is 2.25. The number of fused-ring (bicyclic) bond motifs is 2. The van der Waals surface area contributed by atoms with Crippen molar-refractivity contribution in [3.8, 4) is 0 Å². The first-order valence-corrected chi connectivity index (χ1v) is 12.7. The first-order chi connectivity index (χ1) is 17.0. The molecular weight excluding hydrogens is 442 g/mol. The molecule has 0 saturated heterocycles. The van der Waals surface area contributed by atoms with Crippen LogP contribution in [0.3, 0.4) is 0 Å². The average molecular weight is 476 g/mol. The summed E-state index contributed by atoms with van der Waals surface area (Å²) in [6.45, 7) is 2.86. The number of carbonyl (C=O) groups is 4. The van der Waals surface area contributed by atoms with Crippen LogP contribution in [0, 0.1) is 0 Å². The largest absolute Gasteiger partial charge is 0.269 e. The molecule has 0 bridgehead atoms. The predicted octanol–water partition coefficient (Wildman–Crippen LogP) is 4.94. The summed E-state index contributed by atoms with van der Waals surface area (Å²) in [5.74, 6) is -1.36. The Morgan fingerprint density at radius 3 is 1.26 bits per heavy atom. The number of carbonyl (C=O) groups excluding carboxylic acids is 4. The predicted molar refractivity (Wildman–Crippen MR) is 133 cm³/mol. The van der Waals surface area contributed by atoms with Gasteiger partial charge in [-0.2, -0.15) is 0 Å². The van der Waals surface area contributed by atoms with E-state index in [1.807, 2.05) is 4.90 Å². The zero-order chi connectivity index (χ0) is 24.8. The maximum atomic E-state index is 12.9. The molecule has 0 atom stereocenters. The van der Waals surface area contributed by atoms with Gasteiger partial charge in [0.2, 0.25) is 0 Å². The van der Waals surface area contributed by atoms with Crippen LogP contribution in [0.2, 0.25) is 0 Å². The lowest BCUT2D eigenvalue weighted by Gasteiger charge is -2.29. The van der Waals surface area contributed by atoms with Gasteiger partial charge in [-0.3, -0.25) is 33.9 Å². The molecule has 4 amide bonds. The summed E-state index contributed by atoms with van der Waals surface area (Å²) in [4.78, 5) is 56.0. The van der Waals surface area contributed by atoms with Crippen molar-refractivity contribution in [1.29, 1.82) is 0 Å². The molecule has 0 fully saturated rings. The molecule has 184 valence electrons. The zero-order valence-corrected chi connectivity index (χ0v) is 20.4. The highest BCUT2D eigenvalue weighted by atomic mass is 16.2. The van der Waals surface area contributed by atoms with Gasteiger partial charge >= 0.3 is 0 Å². The minimum atomic E-state index is -0.339. The third kappa shape index (κ3) is 5.35. The highest BCUT2D eigenvalue weighted by molar-refractivity contribution is 6.22. The second-order valence-corrected chi connectivity index (χ2v) is 9.32. The molecule has 35 heavy (non-hydrogen) atoms. The lowest BCUT2D eigenvalue weighted by atomic mass is 10.1. The van der Waals surface area contributed by atoms with Gasteiger partial charge in [-0.15, -0.1) is 0 Å². The molecule has 2 aliphatic rings. The highest BCUT2D eigenvalue weighted by Gasteiger charge is 2.39. The molecule has 2 aliphatic heterocycles. The number of unbranched alkanes of at least 4 members (excludes halogenated alkanes) is 7. The SMILES string of the molecule is CCCCCCCCCCN(CN1C(=O)c2ccccc2C1=O)CN1C(=O)c2ccccc2C1=O. The van der Waals surface area contributed by atoms with Crippen LogP contribution in [-0.2, 0) is 0 Å². The van der Waals surface area contributed by atoms with Crippen LogP contribution >= 0.6 is 0 Å². The van der Waals surface area contributed by atoms with Crippen molar-refractivity contribution in [3.63, 3.8) is 0 Å². The van der Waals surface area contributed by atoms with Gasteiger partial charge in [-0.1, -0.05) is 76.1 Å². The van der Waals surface area contributed by atoms with E-state index >= 15 is 0 Å². The lowest BCUT2D eigenvalue weighted by molar-refractivity contribution is 0.0393. The molecule has 7 nitrogen and oxygen atoms in total. The van der Waals surface area contributed by atoms with Crippen molar-refractivity contribution in [2.75, 3.05) is 19.9 Å². The molecular formula is C28H33N3O4. The third-order valence-corrected chi connectivity index (χ3v) is 6.77. The van der Waals surface area contributed by atoms with Gasteiger partial charge in [0.05, 0.1) is 35.6 Å². The molecule has 0 unspecified atom stereocenters. The monoisotopic (exact) mass is 475 g/mol. The van der Waals surface area contributed by atoms with Crippen molar-refractivity contribution < 1.29 is 19.2 Å². The van der Waals surface area contributed by atoms with E-state index in [2.05, 4.69) is 6.92 Å². The Hall–Kier alpha value is -3.32. The van der Waals surface area contributed by atoms with Gasteiger partial charge in [0, 0.05) is 6.54 Å². The molecule has 0 N–H and O–H groups in total. The molecule has 2 aromatic carbocycles. The molecule has 4 rings (SSSR count). The zero-order valence-electron chi connectivity index (χ0n) is 20.4. The Kier molecular flexibility index (Phi) is 8.08. The summed E-state index contributed by atoms with van der Waals surface area (Å²) in [6.07, 6.45) is 9.20. The Labute approximate surface area is 206 Å². The maximum Gasteiger partial charge on any atom is 0.262 e. The number of imide groups is 2. The number of nitrogens with zero attached hydrogens (tertiary/aromatic N) is 3. The fourth-order valence-electron chi connectivity index (χ4n) is 4.79. The summed E-state index contributed by atoms with van der Waals surface area (Å²) in [5.41, 5.74) is 1.58. The van der Waals surface area contributed by atoms with E-state index in [-0.39, 0.29) is 37.0 Å². The fraction of sp³-hybridized carbons (Fsp3) is 0.429. The second-order valence-electron chi connectivity index (χ2n) is 9.32. The van der Waals surface area contributed by atoms with E-state index in [4.69, 9.17) is 0 Å². The fourth-order valence-corrected chi connectivity index (χ4v) is 4.79. The Morgan fingerprint density at radius 1 is 0.543 bits per heavy atom. The van der Waals surface area contributed by atoms with Crippen LogP contribution in [0.25, 0.3) is 0 Å². The van der Waals surface area contributed by atoms with Crippen LogP contribution in [-0.4, -0.2) is 58.2 Å². The van der Waals surface area contributed by atoms with Gasteiger partial charge in [-0.25, -0.2) is 0 Å². The minimum Gasteiger partial charge on any atom is -0.269 e. The smallest absolute Gasteiger partial charge is 0.262 e. The standard InChI is InChI=1S/C28H33N3O4/c1-2-3-4-5-6-7-8-13-18-29(19-30-25(32)21-14-9-10-15-22(21)26(30)33)20-31-27(34)23-16-11-12-17-24(23)28(31)35/h9-12,14-17H,2-8,13,18-20H2,1H3. The van der Waals surface area contributed by atoms with E-state index in [9.17, 15) is 19.2 Å². The van der Waals surface area contributed by atoms with Gasteiger partial charge in [-0.05, 0) is 30.7 Å². The Morgan fingerprint density at radius 2 is 0.886 bits per heavy atom. The van der Waals surface area contributed by atoms with Crippen LogP contribution in [0.15, 0.2) is 48.5 Å². The van der Waals surface area contributed by atoms with Crippen molar-refractivity contribution in [2.45, 2.75) is 58.3 Å². The third-order valence-electron chi connectivity index (χ3n) is 6.77. The van der Waals surface area contributed by atoms with E-state index in [0.29, 0.717) is 28.8 Å². The average Bonchev–Trinajstić information content (AvgIpc) is 3.26. The van der Waals surface area contributed by atoms with Gasteiger partial charge in [0.1, 0.15) is 0 Å². The summed E-state index contributed by atoms with van der Waals surface area (Å²) >= 11 is 0. The molecule has 0 aromatic heterocycles. The lowest BCUT2D eigenvalue weighted by Crippen LogP contribution is -2.48. The van der Waals surface area contributed by atoms with Gasteiger partial charge in [0.25, 0.3) is 23.6 Å². The molecule has 0 spiro atoms. The molecule has 2 heterocycles. The molecule has 0 saturated carbocycles. The van der Waals surface area contributed by atoms with Gasteiger partial charge < -0.3 is 0 Å². The summed E-state index contributed by atoms with van der Waals surface area (Å²) in [6, 6.07) is 13.6.